The van der Waals surface area contributed by atoms with Gasteiger partial charge in [0.2, 0.25) is 0 Å². The zero-order chi connectivity index (χ0) is 5.70. The number of halogens is 2. The normalized spacial score (nSPS) is 14.1. The number of alkyl halides is 2. The van der Waals surface area contributed by atoms with E-state index in [9.17, 15) is 0 Å². The molecular formula is C4H8Cl2S. The summed E-state index contributed by atoms with van der Waals surface area (Å²) in [5, 5.41) is 0. The maximum absolute atomic E-state index is 5.56. The predicted octanol–water partition coefficient (Wildman–Crippen LogP) is 2.54. The van der Waals surface area contributed by atoms with Crippen molar-refractivity contribution in [3.8, 4) is 0 Å². The maximum atomic E-state index is 5.56. The van der Waals surface area contributed by atoms with Crippen LogP contribution in [0.2, 0.25) is 0 Å². The summed E-state index contributed by atoms with van der Waals surface area (Å²) in [6, 6.07) is 0. The van der Waals surface area contributed by atoms with Gasteiger partial charge in [0.15, 0.2) is 0 Å². The van der Waals surface area contributed by atoms with E-state index in [0.29, 0.717) is 5.88 Å². The summed E-state index contributed by atoms with van der Waals surface area (Å²) < 4.78 is 0.207. The first kappa shape index (κ1) is 7.93. The summed E-state index contributed by atoms with van der Waals surface area (Å²) in [4.78, 5) is 0. The molecule has 0 aromatic carbocycles. The van der Waals surface area contributed by atoms with Crippen LogP contribution < -0.4 is 0 Å². The lowest BCUT2D eigenvalue weighted by atomic mass is 10.9. The molecule has 0 saturated heterocycles. The zero-order valence-corrected chi connectivity index (χ0v) is 6.48. The Morgan fingerprint density at radius 2 is 2.29 bits per heavy atom. The monoisotopic (exact) mass is 158 g/mol. The zero-order valence-electron chi connectivity index (χ0n) is 4.16. The molecule has 1 atom stereocenters. The molecule has 0 aliphatic heterocycles. The first-order chi connectivity index (χ1) is 3.27. The van der Waals surface area contributed by atoms with Gasteiger partial charge in [-0.15, -0.1) is 35.0 Å². The SMILES string of the molecule is CC(Cl)SCCCl. The van der Waals surface area contributed by atoms with Crippen LogP contribution in [-0.4, -0.2) is 16.3 Å². The molecule has 1 unspecified atom stereocenters. The second-order valence-electron chi connectivity index (χ2n) is 1.10. The molecule has 0 nitrogen and oxygen atoms in total. The van der Waals surface area contributed by atoms with Gasteiger partial charge in [0.25, 0.3) is 0 Å². The second kappa shape index (κ2) is 5.07. The van der Waals surface area contributed by atoms with Crippen molar-refractivity contribution in [3.05, 3.63) is 0 Å². The van der Waals surface area contributed by atoms with Crippen LogP contribution in [0.4, 0.5) is 0 Å². The minimum absolute atomic E-state index is 0.207. The van der Waals surface area contributed by atoms with Gasteiger partial charge in [0.05, 0.1) is 4.71 Å². The summed E-state index contributed by atoms with van der Waals surface area (Å²) in [6.45, 7) is 1.94. The summed E-state index contributed by atoms with van der Waals surface area (Å²) in [6.07, 6.45) is 0. The Hall–Kier alpha value is 0.930. The van der Waals surface area contributed by atoms with E-state index in [1.54, 1.807) is 11.8 Å². The lowest BCUT2D eigenvalue weighted by Crippen LogP contribution is -1.85. The number of rotatable bonds is 3. The molecule has 0 heterocycles. The Kier molecular flexibility index (Phi) is 5.75. The van der Waals surface area contributed by atoms with Gasteiger partial charge in [0, 0.05) is 11.6 Å². The molecule has 0 aromatic heterocycles. The van der Waals surface area contributed by atoms with Gasteiger partial charge in [-0.2, -0.15) is 0 Å². The van der Waals surface area contributed by atoms with E-state index in [1.165, 1.54) is 0 Å². The molecule has 0 fully saturated rings. The van der Waals surface area contributed by atoms with Crippen LogP contribution in [0.1, 0.15) is 6.92 Å². The Morgan fingerprint density at radius 1 is 1.71 bits per heavy atom. The summed E-state index contributed by atoms with van der Waals surface area (Å²) in [5.74, 6) is 1.65. The Labute approximate surface area is 58.6 Å². The summed E-state index contributed by atoms with van der Waals surface area (Å²) in [7, 11) is 0. The molecule has 0 radical (unpaired) electrons. The van der Waals surface area contributed by atoms with E-state index in [0.717, 1.165) is 5.75 Å². The van der Waals surface area contributed by atoms with E-state index in [4.69, 9.17) is 23.2 Å². The lowest BCUT2D eigenvalue weighted by molar-refractivity contribution is 1.38. The first-order valence-corrected chi connectivity index (χ1v) is 4.11. The van der Waals surface area contributed by atoms with E-state index < -0.39 is 0 Å². The third-order valence-corrected chi connectivity index (χ3v) is 2.11. The van der Waals surface area contributed by atoms with Crippen molar-refractivity contribution < 1.29 is 0 Å². The van der Waals surface area contributed by atoms with Gasteiger partial charge in [-0.25, -0.2) is 0 Å². The van der Waals surface area contributed by atoms with Gasteiger partial charge < -0.3 is 0 Å². The second-order valence-corrected chi connectivity index (χ2v) is 3.84. The molecule has 0 aliphatic carbocycles. The highest BCUT2D eigenvalue weighted by Gasteiger charge is 1.91. The molecule has 0 aromatic rings. The highest BCUT2D eigenvalue weighted by molar-refractivity contribution is 8.01. The third-order valence-electron chi connectivity index (χ3n) is 0.425. The average molecular weight is 159 g/mol. The van der Waals surface area contributed by atoms with Crippen LogP contribution in [0.5, 0.6) is 0 Å². The minimum Gasteiger partial charge on any atom is -0.141 e. The maximum Gasteiger partial charge on any atom is 0.0761 e. The molecule has 0 amide bonds. The van der Waals surface area contributed by atoms with E-state index >= 15 is 0 Å². The van der Waals surface area contributed by atoms with Gasteiger partial charge in [-0.1, -0.05) is 0 Å². The largest absolute Gasteiger partial charge is 0.141 e. The molecule has 0 rings (SSSR count). The Morgan fingerprint density at radius 3 is 2.43 bits per heavy atom. The minimum atomic E-state index is 0.207. The summed E-state index contributed by atoms with van der Waals surface area (Å²) in [5.41, 5.74) is 0. The average Bonchev–Trinajstić information content (AvgIpc) is 1.61. The van der Waals surface area contributed by atoms with Crippen molar-refractivity contribution in [1.29, 1.82) is 0 Å². The van der Waals surface area contributed by atoms with Crippen molar-refractivity contribution in [2.75, 3.05) is 11.6 Å². The summed E-state index contributed by atoms with van der Waals surface area (Å²) >= 11 is 12.6. The molecule has 0 saturated carbocycles. The predicted molar refractivity (Wildman–Crippen MR) is 38.5 cm³/mol. The van der Waals surface area contributed by atoms with Crippen LogP contribution in [-0.2, 0) is 0 Å². The molecule has 0 spiro atoms. The Balaban J connectivity index is 2.68. The van der Waals surface area contributed by atoms with E-state index in [1.807, 2.05) is 6.92 Å². The fourth-order valence-electron chi connectivity index (χ4n) is 0.207. The first-order valence-electron chi connectivity index (χ1n) is 2.09. The van der Waals surface area contributed by atoms with Crippen LogP contribution in [0.25, 0.3) is 0 Å². The van der Waals surface area contributed by atoms with Crippen LogP contribution in [0, 0.1) is 0 Å². The van der Waals surface area contributed by atoms with Crippen molar-refractivity contribution >= 4 is 35.0 Å². The van der Waals surface area contributed by atoms with Crippen LogP contribution in [0.15, 0.2) is 0 Å². The quantitative estimate of drug-likeness (QED) is 0.570. The lowest BCUT2D eigenvalue weighted by Gasteiger charge is -1.96. The highest BCUT2D eigenvalue weighted by Crippen LogP contribution is 2.13. The fraction of sp³-hybridized carbons (Fsp3) is 1.00. The smallest absolute Gasteiger partial charge is 0.0761 e. The topological polar surface area (TPSA) is 0 Å². The molecule has 7 heavy (non-hydrogen) atoms. The standard InChI is InChI=1S/C4H8Cl2S/c1-4(6)7-3-2-5/h4H,2-3H2,1H3. The molecular weight excluding hydrogens is 151 g/mol. The Bertz CT molecular complexity index is 38.7. The molecule has 0 bridgehead atoms. The van der Waals surface area contributed by atoms with Crippen LogP contribution >= 0.6 is 35.0 Å². The van der Waals surface area contributed by atoms with Crippen molar-refractivity contribution in [3.63, 3.8) is 0 Å². The van der Waals surface area contributed by atoms with Crippen molar-refractivity contribution in [1.82, 2.24) is 0 Å². The number of hydrogen-bond acceptors (Lipinski definition) is 1. The molecule has 3 heteroatoms. The van der Waals surface area contributed by atoms with Crippen molar-refractivity contribution in [2.45, 2.75) is 11.6 Å². The molecule has 44 valence electrons. The van der Waals surface area contributed by atoms with Gasteiger partial charge in [-0.3, -0.25) is 0 Å². The van der Waals surface area contributed by atoms with Crippen LogP contribution in [0.3, 0.4) is 0 Å². The number of hydrogen-bond donors (Lipinski definition) is 0. The molecule has 0 aliphatic rings. The number of thioether (sulfide) groups is 1. The molecule has 0 N–H and O–H groups in total. The van der Waals surface area contributed by atoms with E-state index in [2.05, 4.69) is 0 Å². The van der Waals surface area contributed by atoms with Gasteiger partial charge in [0.1, 0.15) is 0 Å². The van der Waals surface area contributed by atoms with E-state index in [-0.39, 0.29) is 4.71 Å². The van der Waals surface area contributed by atoms with Gasteiger partial charge in [-0.05, 0) is 6.92 Å². The fourth-order valence-corrected chi connectivity index (χ4v) is 1.16. The van der Waals surface area contributed by atoms with Crippen molar-refractivity contribution in [2.24, 2.45) is 0 Å². The third kappa shape index (κ3) is 6.93. The van der Waals surface area contributed by atoms with Gasteiger partial charge >= 0.3 is 0 Å². The highest BCUT2D eigenvalue weighted by atomic mass is 35.5.